The fraction of sp³-hybridized carbons (Fsp3) is 0.273. The first kappa shape index (κ1) is 19.2. The second kappa shape index (κ2) is 6.33. The molecule has 2 amide bonds. The highest BCUT2D eigenvalue weighted by atomic mass is 19.4. The van der Waals surface area contributed by atoms with Crippen molar-refractivity contribution >= 4 is 28.9 Å². The van der Waals surface area contributed by atoms with Crippen molar-refractivity contribution in [1.29, 1.82) is 0 Å². The molecule has 0 aliphatic heterocycles. The van der Waals surface area contributed by atoms with Gasteiger partial charge in [-0.2, -0.15) is 26.3 Å². The summed E-state index contributed by atoms with van der Waals surface area (Å²) < 4.78 is 73.4. The Hall–Kier alpha value is -2.86. The Morgan fingerprint density at radius 3 is 1.54 bits per heavy atom. The van der Waals surface area contributed by atoms with Crippen LogP contribution in [0, 0.1) is 17.0 Å². The highest BCUT2D eigenvalue weighted by Crippen LogP contribution is 2.32. The molecule has 0 heterocycles. The Balaban J connectivity index is 3.33. The van der Waals surface area contributed by atoms with Gasteiger partial charge in [-0.25, -0.2) is 0 Å². The van der Waals surface area contributed by atoms with Gasteiger partial charge in [0.05, 0.1) is 16.3 Å². The van der Waals surface area contributed by atoms with Gasteiger partial charge in [0.1, 0.15) is 0 Å². The smallest absolute Gasteiger partial charge is 0.318 e. The minimum absolute atomic E-state index is 0.434. The average molecular weight is 359 g/mol. The number of carbonyl (C=O) groups is 2. The highest BCUT2D eigenvalue weighted by Gasteiger charge is 2.40. The van der Waals surface area contributed by atoms with Crippen molar-refractivity contribution in [3.8, 4) is 0 Å². The van der Waals surface area contributed by atoms with Crippen LogP contribution >= 0.6 is 0 Å². The number of nitro benzene ring substituents is 1. The summed E-state index contributed by atoms with van der Waals surface area (Å²) in [6.45, 7) is 0.960. The Bertz CT molecular complexity index is 649. The molecular formula is C11H7F6N3O4. The maximum absolute atomic E-state index is 12.2. The van der Waals surface area contributed by atoms with Crippen LogP contribution in [0.1, 0.15) is 5.56 Å². The van der Waals surface area contributed by atoms with Crippen LogP contribution in [-0.4, -0.2) is 29.1 Å². The molecule has 7 nitrogen and oxygen atoms in total. The molecule has 1 rings (SSSR count). The molecule has 1 aromatic rings. The third kappa shape index (κ3) is 4.57. The third-order valence-corrected chi connectivity index (χ3v) is 2.61. The Morgan fingerprint density at radius 1 is 0.958 bits per heavy atom. The number of nitrogens with one attached hydrogen (secondary N) is 2. The van der Waals surface area contributed by atoms with E-state index in [0.717, 1.165) is 6.92 Å². The van der Waals surface area contributed by atoms with Gasteiger partial charge in [0.2, 0.25) is 0 Å². The van der Waals surface area contributed by atoms with E-state index >= 15 is 0 Å². The summed E-state index contributed by atoms with van der Waals surface area (Å²) >= 11 is 0. The maximum atomic E-state index is 12.2. The number of benzene rings is 1. The second-order valence-corrected chi connectivity index (χ2v) is 4.33. The van der Waals surface area contributed by atoms with E-state index in [2.05, 4.69) is 0 Å². The van der Waals surface area contributed by atoms with Crippen LogP contribution in [0.4, 0.5) is 43.4 Å². The Morgan fingerprint density at radius 2 is 1.29 bits per heavy atom. The topological polar surface area (TPSA) is 101 Å². The number of nitrogens with zero attached hydrogens (tertiary/aromatic N) is 1. The highest BCUT2D eigenvalue weighted by molar-refractivity contribution is 6.00. The van der Waals surface area contributed by atoms with Crippen molar-refractivity contribution < 1.29 is 40.9 Å². The van der Waals surface area contributed by atoms with E-state index in [1.165, 1.54) is 10.6 Å². The first-order valence-electron chi connectivity index (χ1n) is 5.79. The lowest BCUT2D eigenvalue weighted by Gasteiger charge is -2.15. The van der Waals surface area contributed by atoms with E-state index in [0.29, 0.717) is 12.1 Å². The summed E-state index contributed by atoms with van der Waals surface area (Å²) in [5.74, 6) is -4.97. The first-order valence-corrected chi connectivity index (χ1v) is 5.79. The molecule has 0 aromatic heterocycles. The normalized spacial score (nSPS) is 11.8. The third-order valence-electron chi connectivity index (χ3n) is 2.61. The Labute approximate surface area is 128 Å². The zero-order valence-corrected chi connectivity index (χ0v) is 11.5. The standard InChI is InChI=1S/C11H7F6N3O4/c1-4-6(18-8(21)10(12,13)14)2-5(20(23)24)3-7(4)19-9(22)11(15,16)17/h2-3H,1H3,(H,18,21)(H,19,22). The predicted octanol–water partition coefficient (Wildman–Crippen LogP) is 2.90. The van der Waals surface area contributed by atoms with Gasteiger partial charge in [-0.15, -0.1) is 0 Å². The minimum Gasteiger partial charge on any atom is -0.318 e. The van der Waals surface area contributed by atoms with Gasteiger partial charge in [-0.3, -0.25) is 19.7 Å². The van der Waals surface area contributed by atoms with Crippen molar-refractivity contribution in [3.05, 3.63) is 27.8 Å². The van der Waals surface area contributed by atoms with Crippen LogP contribution in [0.25, 0.3) is 0 Å². The summed E-state index contributed by atoms with van der Waals surface area (Å²) in [7, 11) is 0. The number of hydrogen-bond acceptors (Lipinski definition) is 4. The van der Waals surface area contributed by atoms with E-state index in [1.807, 2.05) is 0 Å². The Kier molecular flexibility index (Phi) is 5.06. The molecule has 24 heavy (non-hydrogen) atoms. The fourth-order valence-electron chi connectivity index (χ4n) is 1.45. The lowest BCUT2D eigenvalue weighted by Crippen LogP contribution is -2.31. The summed E-state index contributed by atoms with van der Waals surface area (Å²) in [6.07, 6.45) is -10.7. The van der Waals surface area contributed by atoms with Crippen LogP contribution < -0.4 is 10.6 Å². The zero-order chi connectivity index (χ0) is 18.9. The molecule has 0 radical (unpaired) electrons. The molecular weight excluding hydrogens is 352 g/mol. The van der Waals surface area contributed by atoms with E-state index in [-0.39, 0.29) is 0 Å². The molecule has 1 aromatic carbocycles. The van der Waals surface area contributed by atoms with Gasteiger partial charge in [-0.05, 0) is 12.5 Å². The lowest BCUT2D eigenvalue weighted by molar-refractivity contribution is -0.384. The molecule has 2 N–H and O–H groups in total. The number of anilines is 2. The minimum atomic E-state index is -5.33. The van der Waals surface area contributed by atoms with Crippen molar-refractivity contribution in [2.75, 3.05) is 10.6 Å². The number of amides is 2. The van der Waals surface area contributed by atoms with Gasteiger partial charge >= 0.3 is 24.2 Å². The maximum Gasteiger partial charge on any atom is 0.471 e. The van der Waals surface area contributed by atoms with Crippen molar-refractivity contribution in [3.63, 3.8) is 0 Å². The van der Waals surface area contributed by atoms with Crippen LogP contribution in [0.15, 0.2) is 12.1 Å². The summed E-state index contributed by atoms with van der Waals surface area (Å²) in [5.41, 5.74) is -2.92. The average Bonchev–Trinajstić information content (AvgIpc) is 2.40. The molecule has 0 aliphatic rings. The van der Waals surface area contributed by atoms with Gasteiger partial charge in [0, 0.05) is 12.1 Å². The summed E-state index contributed by atoms with van der Waals surface area (Å²) in [5, 5.41) is 13.3. The molecule has 13 heteroatoms. The van der Waals surface area contributed by atoms with Crippen LogP contribution in [0.5, 0.6) is 0 Å². The number of carbonyl (C=O) groups excluding carboxylic acids is 2. The van der Waals surface area contributed by atoms with Crippen molar-refractivity contribution in [2.45, 2.75) is 19.3 Å². The zero-order valence-electron chi connectivity index (χ0n) is 11.5. The van der Waals surface area contributed by atoms with Gasteiger partial charge in [0.25, 0.3) is 5.69 Å². The largest absolute Gasteiger partial charge is 0.471 e. The van der Waals surface area contributed by atoms with Crippen molar-refractivity contribution in [2.24, 2.45) is 0 Å². The molecule has 0 atom stereocenters. The summed E-state index contributed by atoms with van der Waals surface area (Å²) in [6, 6.07) is 1.03. The molecule has 0 saturated heterocycles. The number of alkyl halides is 6. The van der Waals surface area contributed by atoms with E-state index in [1.54, 1.807) is 0 Å². The lowest BCUT2D eigenvalue weighted by atomic mass is 10.1. The summed E-state index contributed by atoms with van der Waals surface area (Å²) in [4.78, 5) is 31.4. The van der Waals surface area contributed by atoms with Crippen molar-refractivity contribution in [1.82, 2.24) is 0 Å². The molecule has 0 fully saturated rings. The van der Waals surface area contributed by atoms with Crippen LogP contribution in [0.2, 0.25) is 0 Å². The van der Waals surface area contributed by atoms with E-state index in [4.69, 9.17) is 0 Å². The molecule has 0 saturated carbocycles. The van der Waals surface area contributed by atoms with Gasteiger partial charge < -0.3 is 10.6 Å². The molecule has 0 bridgehead atoms. The SMILES string of the molecule is Cc1c(NC(=O)C(F)(F)F)cc([N+](=O)[O-])cc1NC(=O)C(F)(F)F. The monoisotopic (exact) mass is 359 g/mol. The molecule has 0 aliphatic carbocycles. The van der Waals surface area contributed by atoms with Crippen LogP contribution in [-0.2, 0) is 9.59 Å². The van der Waals surface area contributed by atoms with Crippen LogP contribution in [0.3, 0.4) is 0 Å². The number of halogens is 6. The fourth-order valence-corrected chi connectivity index (χ4v) is 1.45. The molecule has 132 valence electrons. The number of hydrogen-bond donors (Lipinski definition) is 2. The van der Waals surface area contributed by atoms with E-state index in [9.17, 15) is 46.0 Å². The quantitative estimate of drug-likeness (QED) is 0.492. The van der Waals surface area contributed by atoms with Gasteiger partial charge in [-0.1, -0.05) is 0 Å². The molecule has 0 unspecified atom stereocenters. The van der Waals surface area contributed by atoms with E-state index < -0.39 is 51.7 Å². The first-order chi connectivity index (χ1) is 10.7. The number of non-ortho nitro benzene ring substituents is 1. The predicted molar refractivity (Wildman–Crippen MR) is 67.2 cm³/mol. The number of nitro groups is 1. The second-order valence-electron chi connectivity index (χ2n) is 4.33. The number of rotatable bonds is 3. The molecule has 0 spiro atoms. The van der Waals surface area contributed by atoms with Gasteiger partial charge in [0.15, 0.2) is 0 Å².